The van der Waals surface area contributed by atoms with E-state index in [4.69, 9.17) is 9.84 Å². The first-order chi connectivity index (χ1) is 8.20. The van der Waals surface area contributed by atoms with Crippen molar-refractivity contribution >= 4 is 5.97 Å². The smallest absolute Gasteiger partial charge is 0.354 e. The first-order valence-electron chi connectivity index (χ1n) is 5.18. The molecule has 5 heteroatoms. The summed E-state index contributed by atoms with van der Waals surface area (Å²) in [7, 11) is 1.60. The number of carboxylic acids is 1. The number of ether oxygens (including phenoxy) is 1. The summed E-state index contributed by atoms with van der Waals surface area (Å²) in [5, 5.41) is 15.7. The molecule has 0 aliphatic heterocycles. The maximum Gasteiger partial charge on any atom is 0.354 e. The zero-order valence-corrected chi connectivity index (χ0v) is 9.15. The maximum absolute atomic E-state index is 11.0. The Kier molecular flexibility index (Phi) is 1.95. The van der Waals surface area contributed by atoms with Gasteiger partial charge in [-0.25, -0.2) is 4.79 Å². The molecule has 1 heterocycles. The van der Waals surface area contributed by atoms with Gasteiger partial charge in [0.1, 0.15) is 11.4 Å². The summed E-state index contributed by atoms with van der Waals surface area (Å²) in [6.07, 6.45) is 0.604. The molecule has 0 spiro atoms. The number of hydrogen-bond donors (Lipinski definition) is 2. The summed E-state index contributed by atoms with van der Waals surface area (Å²) in [5.41, 5.74) is 3.68. The molecule has 2 N–H and O–H groups in total. The molecule has 86 valence electrons. The third kappa shape index (κ3) is 1.32. The van der Waals surface area contributed by atoms with E-state index in [1.165, 1.54) is 0 Å². The molecule has 17 heavy (non-hydrogen) atoms. The minimum absolute atomic E-state index is 0.176. The number of aromatic amines is 1. The predicted octanol–water partition coefficient (Wildman–Crippen LogP) is 1.69. The SMILES string of the molecule is COc1ccc2c(c1)-c1n[nH]c(C(=O)O)c1C2. The quantitative estimate of drug-likeness (QED) is 0.702. The van der Waals surface area contributed by atoms with Gasteiger partial charge in [0.2, 0.25) is 0 Å². The molecule has 0 bridgehead atoms. The highest BCUT2D eigenvalue weighted by Crippen LogP contribution is 2.38. The van der Waals surface area contributed by atoms with Gasteiger partial charge in [-0.05, 0) is 17.7 Å². The Morgan fingerprint density at radius 2 is 2.35 bits per heavy atom. The van der Waals surface area contributed by atoms with E-state index in [1.54, 1.807) is 7.11 Å². The minimum atomic E-state index is -0.974. The standard InChI is InChI=1S/C12H10N2O3/c1-17-7-3-2-6-4-9-10(8(6)5-7)13-14-11(9)12(15)16/h2-3,5H,4H2,1H3,(H,13,14)(H,15,16). The van der Waals surface area contributed by atoms with Crippen molar-refractivity contribution in [2.24, 2.45) is 0 Å². The molecule has 1 aromatic carbocycles. The second-order valence-electron chi connectivity index (χ2n) is 3.93. The van der Waals surface area contributed by atoms with E-state index in [-0.39, 0.29) is 5.69 Å². The van der Waals surface area contributed by atoms with Crippen molar-refractivity contribution in [3.05, 3.63) is 35.0 Å². The monoisotopic (exact) mass is 230 g/mol. The molecule has 1 aliphatic rings. The van der Waals surface area contributed by atoms with Crippen LogP contribution < -0.4 is 4.74 Å². The van der Waals surface area contributed by atoms with Crippen LogP contribution in [-0.2, 0) is 6.42 Å². The Morgan fingerprint density at radius 1 is 1.53 bits per heavy atom. The summed E-state index contributed by atoms with van der Waals surface area (Å²) in [4.78, 5) is 11.0. The molecule has 0 radical (unpaired) electrons. The van der Waals surface area contributed by atoms with Crippen molar-refractivity contribution in [2.45, 2.75) is 6.42 Å². The van der Waals surface area contributed by atoms with Crippen LogP contribution in [0.5, 0.6) is 5.75 Å². The molecule has 0 saturated carbocycles. The highest BCUT2D eigenvalue weighted by molar-refractivity contribution is 5.91. The molecule has 5 nitrogen and oxygen atoms in total. The minimum Gasteiger partial charge on any atom is -0.497 e. The van der Waals surface area contributed by atoms with Crippen LogP contribution >= 0.6 is 0 Å². The van der Waals surface area contributed by atoms with Crippen LogP contribution in [0.25, 0.3) is 11.3 Å². The molecule has 0 atom stereocenters. The normalized spacial score (nSPS) is 12.1. The summed E-state index contributed by atoms with van der Waals surface area (Å²) < 4.78 is 5.15. The number of hydrogen-bond acceptors (Lipinski definition) is 3. The molecule has 1 aliphatic carbocycles. The van der Waals surface area contributed by atoms with Gasteiger partial charge in [0, 0.05) is 17.5 Å². The first-order valence-corrected chi connectivity index (χ1v) is 5.18. The van der Waals surface area contributed by atoms with E-state index >= 15 is 0 Å². The number of aromatic carboxylic acids is 1. The predicted molar refractivity (Wildman–Crippen MR) is 60.3 cm³/mol. The third-order valence-corrected chi connectivity index (χ3v) is 3.02. The van der Waals surface area contributed by atoms with Crippen molar-refractivity contribution in [3.8, 4) is 17.0 Å². The van der Waals surface area contributed by atoms with Crippen LogP contribution in [0.1, 0.15) is 21.6 Å². The second-order valence-corrected chi connectivity index (χ2v) is 3.93. The number of aromatic nitrogens is 2. The number of benzene rings is 1. The van der Waals surface area contributed by atoms with Gasteiger partial charge in [0.15, 0.2) is 0 Å². The van der Waals surface area contributed by atoms with Crippen LogP contribution in [0, 0.1) is 0 Å². The number of methoxy groups -OCH3 is 1. The number of carboxylic acid groups (broad SMARTS) is 1. The number of fused-ring (bicyclic) bond motifs is 3. The highest BCUT2D eigenvalue weighted by Gasteiger charge is 2.27. The summed E-state index contributed by atoms with van der Waals surface area (Å²) in [6, 6.07) is 5.70. The molecule has 0 unspecified atom stereocenters. The van der Waals surface area contributed by atoms with Gasteiger partial charge in [0.25, 0.3) is 0 Å². The van der Waals surface area contributed by atoms with Gasteiger partial charge in [-0.3, -0.25) is 5.10 Å². The van der Waals surface area contributed by atoms with Crippen LogP contribution in [0.4, 0.5) is 0 Å². The molecule has 0 fully saturated rings. The highest BCUT2D eigenvalue weighted by atomic mass is 16.5. The fraction of sp³-hybridized carbons (Fsp3) is 0.167. The van der Waals surface area contributed by atoms with Crippen molar-refractivity contribution in [1.82, 2.24) is 10.2 Å². The zero-order valence-electron chi connectivity index (χ0n) is 9.15. The number of H-pyrrole nitrogens is 1. The number of rotatable bonds is 2. The lowest BCUT2D eigenvalue weighted by molar-refractivity contribution is 0.0689. The van der Waals surface area contributed by atoms with Crippen LogP contribution in [0.3, 0.4) is 0 Å². The van der Waals surface area contributed by atoms with Crippen LogP contribution in [0.2, 0.25) is 0 Å². The number of carbonyl (C=O) groups is 1. The second kappa shape index (κ2) is 3.35. The molecule has 0 amide bonds. The Morgan fingerprint density at radius 3 is 3.06 bits per heavy atom. The molecular formula is C12H10N2O3. The van der Waals surface area contributed by atoms with Gasteiger partial charge >= 0.3 is 5.97 Å². The topological polar surface area (TPSA) is 75.2 Å². The average Bonchev–Trinajstić information content (AvgIpc) is 2.86. The Hall–Kier alpha value is -2.30. The molecular weight excluding hydrogens is 220 g/mol. The Bertz CT molecular complexity index is 616. The van der Waals surface area contributed by atoms with Gasteiger partial charge in [-0.15, -0.1) is 0 Å². The van der Waals surface area contributed by atoms with E-state index in [0.717, 1.165) is 28.1 Å². The van der Waals surface area contributed by atoms with Crippen molar-refractivity contribution in [3.63, 3.8) is 0 Å². The fourth-order valence-electron chi connectivity index (χ4n) is 2.18. The van der Waals surface area contributed by atoms with E-state index in [2.05, 4.69) is 10.2 Å². The van der Waals surface area contributed by atoms with Gasteiger partial charge in [-0.2, -0.15) is 5.10 Å². The average molecular weight is 230 g/mol. The summed E-state index contributed by atoms with van der Waals surface area (Å²) >= 11 is 0. The van der Waals surface area contributed by atoms with E-state index in [1.807, 2.05) is 18.2 Å². The van der Waals surface area contributed by atoms with Gasteiger partial charge < -0.3 is 9.84 Å². The molecule has 2 aromatic rings. The summed E-state index contributed by atoms with van der Waals surface area (Å²) in [6.45, 7) is 0. The lowest BCUT2D eigenvalue weighted by atomic mass is 10.1. The molecule has 0 saturated heterocycles. The Balaban J connectivity index is 2.17. The van der Waals surface area contributed by atoms with Crippen molar-refractivity contribution < 1.29 is 14.6 Å². The first kappa shape index (κ1) is 9.89. The Labute approximate surface area is 97.0 Å². The van der Waals surface area contributed by atoms with Gasteiger partial charge in [0.05, 0.1) is 12.8 Å². The maximum atomic E-state index is 11.0. The largest absolute Gasteiger partial charge is 0.497 e. The number of nitrogens with zero attached hydrogens (tertiary/aromatic N) is 1. The molecule has 1 aromatic heterocycles. The van der Waals surface area contributed by atoms with E-state index in [0.29, 0.717) is 6.42 Å². The van der Waals surface area contributed by atoms with Gasteiger partial charge in [-0.1, -0.05) is 6.07 Å². The van der Waals surface area contributed by atoms with E-state index < -0.39 is 5.97 Å². The zero-order chi connectivity index (χ0) is 12.0. The molecule has 3 rings (SSSR count). The van der Waals surface area contributed by atoms with Crippen molar-refractivity contribution in [1.29, 1.82) is 0 Å². The van der Waals surface area contributed by atoms with Crippen LogP contribution in [0.15, 0.2) is 18.2 Å². The third-order valence-electron chi connectivity index (χ3n) is 3.02. The van der Waals surface area contributed by atoms with Crippen molar-refractivity contribution in [2.75, 3.05) is 7.11 Å². The lowest BCUT2D eigenvalue weighted by Gasteiger charge is -2.02. The lowest BCUT2D eigenvalue weighted by Crippen LogP contribution is -2.00. The fourth-order valence-corrected chi connectivity index (χ4v) is 2.18. The summed E-state index contributed by atoms with van der Waals surface area (Å²) in [5.74, 6) is -0.227. The van der Waals surface area contributed by atoms with E-state index in [9.17, 15) is 4.79 Å². The number of nitrogens with one attached hydrogen (secondary N) is 1. The van der Waals surface area contributed by atoms with Crippen LogP contribution in [-0.4, -0.2) is 28.4 Å².